The van der Waals surface area contributed by atoms with Gasteiger partial charge in [0.05, 0.1) is 22.8 Å². The number of aromatic nitrogens is 4. The average Bonchev–Trinajstić information content (AvgIpc) is 3.42. The molecular weight excluding hydrogens is 527 g/mol. The normalized spacial score (nSPS) is 20.3. The molecule has 4 heterocycles. The van der Waals surface area contributed by atoms with E-state index in [1.165, 1.54) is 0 Å². The van der Waals surface area contributed by atoms with Crippen LogP contribution in [-0.2, 0) is 22.6 Å². The van der Waals surface area contributed by atoms with Gasteiger partial charge in [0.1, 0.15) is 11.6 Å². The van der Waals surface area contributed by atoms with Crippen LogP contribution >= 0.6 is 12.4 Å². The van der Waals surface area contributed by atoms with Crippen molar-refractivity contribution in [3.63, 3.8) is 0 Å². The molecular formula is C27H30ClFN6O2S. The predicted octanol–water partition coefficient (Wildman–Crippen LogP) is 4.48. The Hall–Kier alpha value is -3.21. The van der Waals surface area contributed by atoms with Crippen LogP contribution in [0.1, 0.15) is 40.9 Å². The second-order valence-corrected chi connectivity index (χ2v) is 12.6. The highest BCUT2D eigenvalue weighted by molar-refractivity contribution is 7.93. The Morgan fingerprint density at radius 3 is 2.50 bits per heavy atom. The van der Waals surface area contributed by atoms with E-state index in [1.54, 1.807) is 58.4 Å². The number of hydrogen-bond donors (Lipinski definition) is 1. The first-order chi connectivity index (χ1) is 17.6. The van der Waals surface area contributed by atoms with Crippen molar-refractivity contribution in [3.8, 4) is 17.2 Å². The number of imidazole rings is 1. The van der Waals surface area contributed by atoms with Gasteiger partial charge in [0.15, 0.2) is 0 Å². The molecule has 4 aromatic rings. The summed E-state index contributed by atoms with van der Waals surface area (Å²) in [5, 5.41) is 8.37. The fraction of sp³-hybridized carbons (Fsp3) is 0.333. The quantitative estimate of drug-likeness (QED) is 0.403. The van der Waals surface area contributed by atoms with Gasteiger partial charge in [-0.25, -0.2) is 18.1 Å². The Labute approximate surface area is 227 Å². The van der Waals surface area contributed by atoms with Crippen LogP contribution in [0.15, 0.2) is 51.9 Å². The molecule has 8 nitrogen and oxygen atoms in total. The van der Waals surface area contributed by atoms with E-state index in [0.717, 1.165) is 41.2 Å². The Morgan fingerprint density at radius 2 is 1.76 bits per heavy atom. The summed E-state index contributed by atoms with van der Waals surface area (Å²) in [6, 6.07) is 9.15. The van der Waals surface area contributed by atoms with Crippen molar-refractivity contribution in [2.75, 3.05) is 18.6 Å². The molecule has 1 unspecified atom stereocenters. The first-order valence-corrected chi connectivity index (χ1v) is 14.5. The molecule has 0 saturated heterocycles. The topological polar surface area (TPSA) is 86.2 Å². The van der Waals surface area contributed by atoms with Crippen LogP contribution in [0.5, 0.6) is 0 Å². The standard InChI is InChI=1S/C27H29FN6O2S.ClH/c1-16-13-21(14-17(2)25(16)28)34-26(24-18(3)29-9-7-23(24)30-34)33-11-10-32(27(33)35)20-5-6-22-19(15-20)8-12-37(4,36)31-22;/h5-6,10-11,13-15,18,29H,7-9,12H2,1-4H3;1H/t18-,37?;/m0./s1. The van der Waals surface area contributed by atoms with Gasteiger partial charge in [0.2, 0.25) is 0 Å². The Bertz CT molecular complexity index is 1740. The molecule has 2 aliphatic heterocycles. The summed E-state index contributed by atoms with van der Waals surface area (Å²) in [4.78, 5) is 13.8. The highest BCUT2D eigenvalue weighted by atomic mass is 35.5. The molecule has 2 aromatic heterocycles. The summed E-state index contributed by atoms with van der Waals surface area (Å²) in [5.74, 6) is 0.924. The highest BCUT2D eigenvalue weighted by Crippen LogP contribution is 2.32. The van der Waals surface area contributed by atoms with E-state index in [4.69, 9.17) is 5.10 Å². The van der Waals surface area contributed by atoms with Crippen molar-refractivity contribution in [2.45, 2.75) is 39.7 Å². The summed E-state index contributed by atoms with van der Waals surface area (Å²) in [6.45, 7) is 6.34. The molecule has 11 heteroatoms. The van der Waals surface area contributed by atoms with Gasteiger partial charge in [-0.1, -0.05) is 0 Å². The fourth-order valence-electron chi connectivity index (χ4n) is 5.36. The summed E-state index contributed by atoms with van der Waals surface area (Å²) in [5.41, 5.74) is 5.87. The van der Waals surface area contributed by atoms with E-state index >= 15 is 0 Å². The maximum atomic E-state index is 14.4. The molecule has 0 aliphatic carbocycles. The lowest BCUT2D eigenvalue weighted by Gasteiger charge is -2.21. The number of benzene rings is 2. The van der Waals surface area contributed by atoms with Crippen molar-refractivity contribution >= 4 is 27.8 Å². The zero-order valence-electron chi connectivity index (χ0n) is 21.7. The molecule has 0 amide bonds. The van der Waals surface area contributed by atoms with Crippen molar-refractivity contribution in [1.82, 2.24) is 24.2 Å². The molecule has 0 radical (unpaired) electrons. The van der Waals surface area contributed by atoms with Gasteiger partial charge in [-0.05, 0) is 74.2 Å². The van der Waals surface area contributed by atoms with Crippen molar-refractivity contribution in [1.29, 1.82) is 0 Å². The van der Waals surface area contributed by atoms with Gasteiger partial charge in [-0.15, -0.1) is 12.4 Å². The molecule has 200 valence electrons. The van der Waals surface area contributed by atoms with Crippen LogP contribution in [0.4, 0.5) is 10.1 Å². The second kappa shape index (κ2) is 9.52. The molecule has 6 rings (SSSR count). The summed E-state index contributed by atoms with van der Waals surface area (Å²) < 4.78 is 36.2. The number of rotatable bonds is 3. The third-order valence-corrected chi connectivity index (χ3v) is 8.82. The highest BCUT2D eigenvalue weighted by Gasteiger charge is 2.29. The minimum Gasteiger partial charge on any atom is -0.310 e. The van der Waals surface area contributed by atoms with Crippen molar-refractivity contribution < 1.29 is 8.60 Å². The van der Waals surface area contributed by atoms with E-state index in [1.807, 2.05) is 18.2 Å². The summed E-state index contributed by atoms with van der Waals surface area (Å²) in [6.07, 6.45) is 6.58. The molecule has 0 bridgehead atoms. The number of nitrogens with one attached hydrogen (secondary N) is 1. The van der Waals surface area contributed by atoms with Gasteiger partial charge in [0.25, 0.3) is 0 Å². The predicted molar refractivity (Wildman–Crippen MR) is 150 cm³/mol. The van der Waals surface area contributed by atoms with Crippen LogP contribution in [0.25, 0.3) is 17.2 Å². The minimum absolute atomic E-state index is 0. The van der Waals surface area contributed by atoms with E-state index < -0.39 is 9.73 Å². The molecule has 2 atom stereocenters. The van der Waals surface area contributed by atoms with Gasteiger partial charge in [-0.2, -0.15) is 9.46 Å². The SMILES string of the molecule is Cc1cc(-n2nc3c(c2-n2ccn(-c4ccc5c(c4)CCS(C)(=O)=N5)c2=O)[C@H](C)NCC3)cc(C)c1F.Cl. The molecule has 2 aliphatic rings. The maximum Gasteiger partial charge on any atom is 0.338 e. The number of hydrogen-bond acceptors (Lipinski definition) is 5. The fourth-order valence-corrected chi connectivity index (χ4v) is 6.64. The molecule has 38 heavy (non-hydrogen) atoms. The van der Waals surface area contributed by atoms with E-state index in [-0.39, 0.29) is 30.0 Å². The molecule has 0 fully saturated rings. The third-order valence-electron chi connectivity index (χ3n) is 7.27. The Kier molecular flexibility index (Phi) is 6.61. The smallest absolute Gasteiger partial charge is 0.310 e. The lowest BCUT2D eigenvalue weighted by Crippen LogP contribution is -2.30. The summed E-state index contributed by atoms with van der Waals surface area (Å²) in [7, 11) is -2.20. The molecule has 2 aromatic carbocycles. The van der Waals surface area contributed by atoms with Gasteiger partial charge < -0.3 is 5.32 Å². The first kappa shape index (κ1) is 26.4. The van der Waals surface area contributed by atoms with E-state index in [0.29, 0.717) is 34.8 Å². The monoisotopic (exact) mass is 556 g/mol. The molecule has 0 saturated carbocycles. The summed E-state index contributed by atoms with van der Waals surface area (Å²) >= 11 is 0. The maximum absolute atomic E-state index is 14.4. The lowest BCUT2D eigenvalue weighted by molar-refractivity contribution is 0.536. The first-order valence-electron chi connectivity index (χ1n) is 12.4. The average molecular weight is 557 g/mol. The van der Waals surface area contributed by atoms with E-state index in [2.05, 4.69) is 16.6 Å². The third kappa shape index (κ3) is 4.30. The van der Waals surface area contributed by atoms with Crippen LogP contribution in [0, 0.1) is 19.7 Å². The number of halogens is 2. The minimum atomic E-state index is -2.20. The number of fused-ring (bicyclic) bond motifs is 2. The van der Waals surface area contributed by atoms with Crippen LogP contribution in [0.3, 0.4) is 0 Å². The zero-order chi connectivity index (χ0) is 26.1. The van der Waals surface area contributed by atoms with Crippen molar-refractivity contribution in [3.05, 3.63) is 87.0 Å². The van der Waals surface area contributed by atoms with E-state index in [9.17, 15) is 13.4 Å². The molecule has 1 N–H and O–H groups in total. The van der Waals surface area contributed by atoms with Crippen LogP contribution in [-0.4, -0.2) is 41.7 Å². The Balaban J connectivity index is 0.00000294. The number of aryl methyl sites for hydroxylation is 3. The molecule has 0 spiro atoms. The lowest BCUT2D eigenvalue weighted by atomic mass is 10.0. The van der Waals surface area contributed by atoms with Gasteiger partial charge in [-0.3, -0.25) is 9.13 Å². The largest absolute Gasteiger partial charge is 0.338 e. The van der Waals surface area contributed by atoms with Crippen molar-refractivity contribution in [2.24, 2.45) is 4.36 Å². The Morgan fingerprint density at radius 1 is 1.05 bits per heavy atom. The van der Waals surface area contributed by atoms with Crippen LogP contribution in [0.2, 0.25) is 0 Å². The second-order valence-electron chi connectivity index (χ2n) is 10.1. The van der Waals surface area contributed by atoms with Gasteiger partial charge in [0, 0.05) is 58.7 Å². The van der Waals surface area contributed by atoms with Crippen LogP contribution < -0.4 is 11.0 Å². The van der Waals surface area contributed by atoms with Gasteiger partial charge >= 0.3 is 5.69 Å². The number of nitrogens with zero attached hydrogens (tertiary/aromatic N) is 5. The zero-order valence-corrected chi connectivity index (χ0v) is 23.3.